The summed E-state index contributed by atoms with van der Waals surface area (Å²) in [6.45, 7) is 0.873. The van der Waals surface area contributed by atoms with Crippen LogP contribution < -0.4 is 4.72 Å². The molecule has 1 aliphatic heterocycles. The third kappa shape index (κ3) is 3.77. The molecule has 2 N–H and O–H groups in total. The molecule has 1 aliphatic rings. The number of rotatable bonds is 6. The second-order valence-corrected chi connectivity index (χ2v) is 6.57. The van der Waals surface area contributed by atoms with Crippen LogP contribution in [0.4, 0.5) is 0 Å². The number of aliphatic hydroxyl groups is 1. The molecular formula is C13H20N2O4S. The maximum absolute atomic E-state index is 12.2. The van der Waals surface area contributed by atoms with Gasteiger partial charge in [0.2, 0.25) is 0 Å². The van der Waals surface area contributed by atoms with E-state index in [0.29, 0.717) is 19.5 Å². The van der Waals surface area contributed by atoms with Crippen molar-refractivity contribution in [3.05, 3.63) is 35.4 Å². The number of benzene rings is 1. The molecule has 0 radical (unpaired) electrons. The van der Waals surface area contributed by atoms with Crippen LogP contribution >= 0.6 is 0 Å². The number of hydrogen-bond donors (Lipinski definition) is 2. The van der Waals surface area contributed by atoms with E-state index in [9.17, 15) is 13.5 Å². The minimum atomic E-state index is -3.57. The lowest BCUT2D eigenvalue weighted by molar-refractivity contribution is 0.0676. The van der Waals surface area contributed by atoms with Gasteiger partial charge >= 0.3 is 0 Å². The molecule has 112 valence electrons. The van der Waals surface area contributed by atoms with Crippen molar-refractivity contribution in [2.75, 3.05) is 26.8 Å². The van der Waals surface area contributed by atoms with Crippen molar-refractivity contribution in [1.82, 2.24) is 9.03 Å². The van der Waals surface area contributed by atoms with E-state index < -0.39 is 16.3 Å². The van der Waals surface area contributed by atoms with Crippen LogP contribution in [0.15, 0.2) is 24.3 Å². The van der Waals surface area contributed by atoms with E-state index in [0.717, 1.165) is 5.56 Å². The summed E-state index contributed by atoms with van der Waals surface area (Å²) < 4.78 is 32.9. The summed E-state index contributed by atoms with van der Waals surface area (Å²) in [6, 6.07) is 7.83. The molecule has 0 aromatic heterocycles. The van der Waals surface area contributed by atoms with Gasteiger partial charge in [-0.2, -0.15) is 17.4 Å². The SMILES string of the molecule is COCC(O)CNS(=O)(=O)N1CCc2ccccc2C1. The third-order valence-electron chi connectivity index (χ3n) is 3.30. The molecule has 0 bridgehead atoms. The highest BCUT2D eigenvalue weighted by molar-refractivity contribution is 7.87. The standard InChI is InChI=1S/C13H20N2O4S/c1-19-10-13(16)8-14-20(17,18)15-7-6-11-4-2-3-5-12(11)9-15/h2-5,13-14,16H,6-10H2,1H3. The molecule has 1 aromatic rings. The summed E-state index contributed by atoms with van der Waals surface area (Å²) in [5, 5.41) is 9.50. The molecule has 0 amide bonds. The van der Waals surface area contributed by atoms with Crippen LogP contribution in [0.1, 0.15) is 11.1 Å². The number of nitrogens with zero attached hydrogens (tertiary/aromatic N) is 1. The third-order valence-corrected chi connectivity index (χ3v) is 4.82. The summed E-state index contributed by atoms with van der Waals surface area (Å²) >= 11 is 0. The van der Waals surface area contributed by atoms with Crippen LogP contribution in [0.3, 0.4) is 0 Å². The van der Waals surface area contributed by atoms with Gasteiger partial charge in [-0.05, 0) is 17.5 Å². The summed E-state index contributed by atoms with van der Waals surface area (Å²) in [5.74, 6) is 0. The number of nitrogens with one attached hydrogen (secondary N) is 1. The first kappa shape index (κ1) is 15.4. The van der Waals surface area contributed by atoms with Gasteiger partial charge in [0.15, 0.2) is 0 Å². The maximum Gasteiger partial charge on any atom is 0.279 e. The van der Waals surface area contributed by atoms with Crippen LogP contribution in [0.2, 0.25) is 0 Å². The quantitative estimate of drug-likeness (QED) is 0.768. The van der Waals surface area contributed by atoms with Crippen LogP contribution in [0, 0.1) is 0 Å². The van der Waals surface area contributed by atoms with Crippen molar-refractivity contribution in [3.63, 3.8) is 0 Å². The number of fused-ring (bicyclic) bond motifs is 1. The molecule has 0 saturated heterocycles. The van der Waals surface area contributed by atoms with Crippen molar-refractivity contribution in [3.8, 4) is 0 Å². The second kappa shape index (κ2) is 6.64. The molecule has 1 unspecified atom stereocenters. The Kier molecular flexibility index (Phi) is 5.11. The fraction of sp³-hybridized carbons (Fsp3) is 0.538. The molecule has 1 aromatic carbocycles. The Bertz CT molecular complexity index is 547. The van der Waals surface area contributed by atoms with Gasteiger partial charge < -0.3 is 9.84 Å². The van der Waals surface area contributed by atoms with E-state index >= 15 is 0 Å². The van der Waals surface area contributed by atoms with Crippen molar-refractivity contribution in [2.45, 2.75) is 19.1 Å². The number of ether oxygens (including phenoxy) is 1. The van der Waals surface area contributed by atoms with Gasteiger partial charge in [0, 0.05) is 26.7 Å². The van der Waals surface area contributed by atoms with E-state index in [-0.39, 0.29) is 13.2 Å². The van der Waals surface area contributed by atoms with E-state index in [1.54, 1.807) is 0 Å². The molecule has 2 rings (SSSR count). The number of hydrogen-bond acceptors (Lipinski definition) is 4. The van der Waals surface area contributed by atoms with Gasteiger partial charge in [-0.15, -0.1) is 0 Å². The zero-order valence-electron chi connectivity index (χ0n) is 11.4. The highest BCUT2D eigenvalue weighted by Crippen LogP contribution is 2.20. The molecular weight excluding hydrogens is 280 g/mol. The summed E-state index contributed by atoms with van der Waals surface area (Å²) in [7, 11) is -2.11. The van der Waals surface area contributed by atoms with Crippen molar-refractivity contribution >= 4 is 10.2 Å². The number of methoxy groups -OCH3 is 1. The van der Waals surface area contributed by atoms with Crippen molar-refractivity contribution < 1.29 is 18.3 Å². The molecule has 7 heteroatoms. The van der Waals surface area contributed by atoms with Gasteiger partial charge in [-0.25, -0.2) is 0 Å². The molecule has 0 saturated carbocycles. The molecule has 0 aliphatic carbocycles. The zero-order chi connectivity index (χ0) is 14.6. The minimum Gasteiger partial charge on any atom is -0.389 e. The van der Waals surface area contributed by atoms with Gasteiger partial charge in [-0.1, -0.05) is 24.3 Å². The molecule has 0 fully saturated rings. The van der Waals surface area contributed by atoms with Gasteiger partial charge in [-0.3, -0.25) is 0 Å². The van der Waals surface area contributed by atoms with Crippen LogP contribution in [-0.2, 0) is 27.9 Å². The highest BCUT2D eigenvalue weighted by atomic mass is 32.2. The van der Waals surface area contributed by atoms with E-state index in [1.165, 1.54) is 17.0 Å². The fourth-order valence-electron chi connectivity index (χ4n) is 2.22. The Morgan fingerprint density at radius 2 is 2.10 bits per heavy atom. The first-order chi connectivity index (χ1) is 9.53. The molecule has 1 heterocycles. The number of aliphatic hydroxyl groups excluding tert-OH is 1. The molecule has 1 atom stereocenters. The van der Waals surface area contributed by atoms with Crippen molar-refractivity contribution in [1.29, 1.82) is 0 Å². The second-order valence-electron chi connectivity index (χ2n) is 4.81. The van der Waals surface area contributed by atoms with Gasteiger partial charge in [0.25, 0.3) is 10.2 Å². The van der Waals surface area contributed by atoms with E-state index in [2.05, 4.69) is 4.72 Å². The van der Waals surface area contributed by atoms with Gasteiger partial charge in [0.1, 0.15) is 0 Å². The van der Waals surface area contributed by atoms with Crippen molar-refractivity contribution in [2.24, 2.45) is 0 Å². The van der Waals surface area contributed by atoms with Crippen LogP contribution in [0.5, 0.6) is 0 Å². The Balaban J connectivity index is 1.98. The molecule has 20 heavy (non-hydrogen) atoms. The summed E-state index contributed by atoms with van der Waals surface area (Å²) in [5.41, 5.74) is 2.22. The maximum atomic E-state index is 12.2. The Morgan fingerprint density at radius 3 is 2.80 bits per heavy atom. The average Bonchev–Trinajstić information content (AvgIpc) is 2.45. The topological polar surface area (TPSA) is 78.9 Å². The lowest BCUT2D eigenvalue weighted by Gasteiger charge is -2.28. The first-order valence-corrected chi connectivity index (χ1v) is 7.95. The van der Waals surface area contributed by atoms with E-state index in [1.807, 2.05) is 24.3 Å². The average molecular weight is 300 g/mol. The fourth-order valence-corrected chi connectivity index (χ4v) is 3.45. The Labute approximate surface area is 119 Å². The lowest BCUT2D eigenvalue weighted by atomic mass is 10.0. The minimum absolute atomic E-state index is 0.0473. The Morgan fingerprint density at radius 1 is 1.40 bits per heavy atom. The van der Waals surface area contributed by atoms with Gasteiger partial charge in [0.05, 0.1) is 12.7 Å². The summed E-state index contributed by atoms with van der Waals surface area (Å²) in [4.78, 5) is 0. The first-order valence-electron chi connectivity index (χ1n) is 6.51. The predicted molar refractivity (Wildman–Crippen MR) is 75.4 cm³/mol. The Hall–Kier alpha value is -0.990. The predicted octanol–water partition coefficient (Wildman–Crippen LogP) is -0.114. The molecule has 0 spiro atoms. The normalized spacial score (nSPS) is 17.7. The van der Waals surface area contributed by atoms with E-state index in [4.69, 9.17) is 4.74 Å². The largest absolute Gasteiger partial charge is 0.389 e. The van der Waals surface area contributed by atoms with Crippen LogP contribution in [-0.4, -0.2) is 50.7 Å². The molecule has 6 nitrogen and oxygen atoms in total. The lowest BCUT2D eigenvalue weighted by Crippen LogP contribution is -2.46. The summed E-state index contributed by atoms with van der Waals surface area (Å²) in [6.07, 6.45) is -0.135. The smallest absolute Gasteiger partial charge is 0.279 e. The zero-order valence-corrected chi connectivity index (χ0v) is 12.3. The monoisotopic (exact) mass is 300 g/mol. The van der Waals surface area contributed by atoms with Crippen LogP contribution in [0.25, 0.3) is 0 Å². The highest BCUT2D eigenvalue weighted by Gasteiger charge is 2.26.